The van der Waals surface area contributed by atoms with E-state index in [1.807, 2.05) is 0 Å². The minimum absolute atomic E-state index is 0.102. The number of carbonyl (C=O) groups is 1. The van der Waals surface area contributed by atoms with Crippen molar-refractivity contribution in [3.05, 3.63) is 16.8 Å². The van der Waals surface area contributed by atoms with Gasteiger partial charge in [-0.15, -0.1) is 0 Å². The first-order chi connectivity index (χ1) is 9.08. The van der Waals surface area contributed by atoms with Crippen molar-refractivity contribution >= 4 is 40.3 Å². The molecule has 0 aliphatic heterocycles. The molecule has 0 fully saturated rings. The fourth-order valence-electron chi connectivity index (χ4n) is 1.38. The van der Waals surface area contributed by atoms with Gasteiger partial charge in [-0.25, -0.2) is 9.97 Å². The molecule has 2 rings (SSSR count). The number of esters is 1. The van der Waals surface area contributed by atoms with Gasteiger partial charge in [0.05, 0.1) is 12.8 Å². The molecular weight excluding hydrogens is 295 g/mol. The van der Waals surface area contributed by atoms with Gasteiger partial charge in [-0.05, 0) is 23.2 Å². The number of nitrogens with zero attached hydrogens (tertiary/aromatic N) is 4. The molecule has 19 heavy (non-hydrogen) atoms. The third kappa shape index (κ3) is 3.52. The number of aromatic nitrogens is 4. The Bertz CT molecular complexity index is 602. The van der Waals surface area contributed by atoms with Crippen LogP contribution in [0, 0.1) is 0 Å². The molecule has 102 valence electrons. The lowest BCUT2D eigenvalue weighted by atomic mass is 10.6. The van der Waals surface area contributed by atoms with Crippen LogP contribution in [0.2, 0.25) is 10.6 Å². The molecule has 0 aliphatic rings. The van der Waals surface area contributed by atoms with Gasteiger partial charge in [0.15, 0.2) is 5.65 Å². The van der Waals surface area contributed by atoms with Crippen LogP contribution in [0.4, 0.5) is 0 Å². The molecule has 0 saturated carbocycles. The highest BCUT2D eigenvalue weighted by atomic mass is 35.5. The molecule has 0 spiro atoms. The van der Waals surface area contributed by atoms with E-state index in [4.69, 9.17) is 32.7 Å². The second-order valence-corrected chi connectivity index (χ2v) is 4.21. The molecule has 0 unspecified atom stereocenters. The van der Waals surface area contributed by atoms with Gasteiger partial charge in [0, 0.05) is 6.92 Å². The van der Waals surface area contributed by atoms with Crippen molar-refractivity contribution in [2.24, 2.45) is 0 Å². The van der Waals surface area contributed by atoms with Crippen molar-refractivity contribution in [2.75, 3.05) is 13.2 Å². The highest BCUT2D eigenvalue weighted by Crippen LogP contribution is 2.18. The number of imidazole rings is 1. The first kappa shape index (κ1) is 14.0. The quantitative estimate of drug-likeness (QED) is 0.362. The number of carbonyl (C=O) groups excluding carboxylic acids is 1. The summed E-state index contributed by atoms with van der Waals surface area (Å²) in [4.78, 5) is 22.5. The number of hydrogen-bond acceptors (Lipinski definition) is 6. The molecule has 2 heterocycles. The summed E-state index contributed by atoms with van der Waals surface area (Å²) in [5.41, 5.74) is 1.01. The van der Waals surface area contributed by atoms with Crippen molar-refractivity contribution in [3.8, 4) is 0 Å². The molecule has 9 heteroatoms. The Hall–Kier alpha value is -1.44. The average molecular weight is 305 g/mol. The fraction of sp³-hybridized carbons (Fsp3) is 0.400. The first-order valence-electron chi connectivity index (χ1n) is 5.33. The van der Waals surface area contributed by atoms with Gasteiger partial charge in [-0.1, -0.05) is 0 Å². The van der Waals surface area contributed by atoms with Crippen molar-refractivity contribution in [2.45, 2.75) is 13.7 Å². The van der Waals surface area contributed by atoms with E-state index in [0.29, 0.717) is 11.2 Å². The van der Waals surface area contributed by atoms with Crippen LogP contribution in [0.1, 0.15) is 6.92 Å². The summed E-state index contributed by atoms with van der Waals surface area (Å²) < 4.78 is 11.6. The van der Waals surface area contributed by atoms with Gasteiger partial charge in [0.1, 0.15) is 18.9 Å². The highest BCUT2D eigenvalue weighted by Gasteiger charge is 2.11. The Labute approximate surface area is 118 Å². The normalized spacial score (nSPS) is 10.9. The van der Waals surface area contributed by atoms with E-state index in [1.165, 1.54) is 17.7 Å². The predicted molar refractivity (Wildman–Crippen MR) is 67.9 cm³/mol. The van der Waals surface area contributed by atoms with E-state index in [1.54, 1.807) is 0 Å². The number of fused-ring (bicyclic) bond motifs is 1. The number of rotatable bonds is 5. The minimum Gasteiger partial charge on any atom is -0.463 e. The summed E-state index contributed by atoms with van der Waals surface area (Å²) in [7, 11) is 0. The molecule has 0 aliphatic carbocycles. The summed E-state index contributed by atoms with van der Waals surface area (Å²) in [6.07, 6.45) is 1.48. The molecule has 0 radical (unpaired) electrons. The van der Waals surface area contributed by atoms with Crippen LogP contribution in [-0.2, 0) is 21.0 Å². The molecule has 2 aromatic rings. The Morgan fingerprint density at radius 3 is 2.89 bits per heavy atom. The Morgan fingerprint density at radius 1 is 1.37 bits per heavy atom. The summed E-state index contributed by atoms with van der Waals surface area (Å²) >= 11 is 11.7. The summed E-state index contributed by atoms with van der Waals surface area (Å²) in [5, 5.41) is 0.323. The number of ether oxygens (including phenoxy) is 2. The standard InChI is InChI=1S/C10H10Cl2N4O3/c1-6(17)19-3-2-18-5-16-8-7(14-10(16)12)4-13-9(11)15-8/h4H,2-3,5H2,1H3. The van der Waals surface area contributed by atoms with Crippen LogP contribution in [-0.4, -0.2) is 38.7 Å². The second-order valence-electron chi connectivity index (χ2n) is 3.53. The number of halogens is 2. The van der Waals surface area contributed by atoms with E-state index in [-0.39, 0.29) is 36.5 Å². The van der Waals surface area contributed by atoms with Crippen molar-refractivity contribution in [3.63, 3.8) is 0 Å². The zero-order valence-corrected chi connectivity index (χ0v) is 11.5. The van der Waals surface area contributed by atoms with Gasteiger partial charge in [0.2, 0.25) is 10.6 Å². The third-order valence-corrected chi connectivity index (χ3v) is 2.64. The van der Waals surface area contributed by atoms with Crippen LogP contribution in [0.3, 0.4) is 0 Å². The molecule has 0 amide bonds. The van der Waals surface area contributed by atoms with Crippen molar-refractivity contribution in [1.29, 1.82) is 0 Å². The minimum atomic E-state index is -0.353. The predicted octanol–water partition coefficient (Wildman–Crippen LogP) is 1.67. The van der Waals surface area contributed by atoms with E-state index in [0.717, 1.165) is 0 Å². The Balaban J connectivity index is 2.01. The largest absolute Gasteiger partial charge is 0.463 e. The van der Waals surface area contributed by atoms with Crippen LogP contribution >= 0.6 is 23.2 Å². The molecule has 0 aromatic carbocycles. The van der Waals surface area contributed by atoms with Crippen LogP contribution in [0.25, 0.3) is 11.2 Å². The average Bonchev–Trinajstić information content (AvgIpc) is 2.65. The summed E-state index contributed by atoms with van der Waals surface area (Å²) in [6, 6.07) is 0. The van der Waals surface area contributed by atoms with Crippen LogP contribution < -0.4 is 0 Å². The van der Waals surface area contributed by atoms with E-state index >= 15 is 0 Å². The van der Waals surface area contributed by atoms with Crippen molar-refractivity contribution < 1.29 is 14.3 Å². The number of hydrogen-bond donors (Lipinski definition) is 0. The molecule has 0 N–H and O–H groups in total. The second kappa shape index (κ2) is 6.14. The lowest BCUT2D eigenvalue weighted by Crippen LogP contribution is -2.10. The van der Waals surface area contributed by atoms with Gasteiger partial charge in [0.25, 0.3) is 0 Å². The lowest BCUT2D eigenvalue weighted by Gasteiger charge is -2.06. The molecule has 0 saturated heterocycles. The molecule has 7 nitrogen and oxygen atoms in total. The lowest BCUT2D eigenvalue weighted by molar-refractivity contribution is -0.142. The maximum atomic E-state index is 10.6. The fourth-order valence-corrected chi connectivity index (χ4v) is 1.73. The third-order valence-electron chi connectivity index (χ3n) is 2.17. The van der Waals surface area contributed by atoms with Crippen LogP contribution in [0.5, 0.6) is 0 Å². The van der Waals surface area contributed by atoms with Gasteiger partial charge >= 0.3 is 5.97 Å². The molecule has 0 atom stereocenters. The highest BCUT2D eigenvalue weighted by molar-refractivity contribution is 6.29. The SMILES string of the molecule is CC(=O)OCCOCn1c(Cl)nc2cnc(Cl)nc21. The van der Waals surface area contributed by atoms with E-state index < -0.39 is 0 Å². The zero-order chi connectivity index (χ0) is 13.8. The molecule has 0 bridgehead atoms. The Morgan fingerprint density at radius 2 is 2.16 bits per heavy atom. The topological polar surface area (TPSA) is 79.1 Å². The zero-order valence-electron chi connectivity index (χ0n) is 9.97. The first-order valence-corrected chi connectivity index (χ1v) is 6.09. The van der Waals surface area contributed by atoms with Gasteiger partial charge < -0.3 is 9.47 Å². The maximum absolute atomic E-state index is 10.6. The Kier molecular flexibility index (Phi) is 4.52. The summed E-state index contributed by atoms with van der Waals surface area (Å²) in [5.74, 6) is -0.353. The smallest absolute Gasteiger partial charge is 0.302 e. The van der Waals surface area contributed by atoms with E-state index in [2.05, 4.69) is 15.0 Å². The molecular formula is C10H10Cl2N4O3. The molecule has 2 aromatic heterocycles. The maximum Gasteiger partial charge on any atom is 0.302 e. The van der Waals surface area contributed by atoms with Gasteiger partial charge in [-0.2, -0.15) is 4.98 Å². The van der Waals surface area contributed by atoms with Crippen LogP contribution in [0.15, 0.2) is 6.20 Å². The van der Waals surface area contributed by atoms with Gasteiger partial charge in [-0.3, -0.25) is 9.36 Å². The summed E-state index contributed by atoms with van der Waals surface area (Å²) in [6.45, 7) is 1.88. The van der Waals surface area contributed by atoms with E-state index in [9.17, 15) is 4.79 Å². The van der Waals surface area contributed by atoms with Crippen molar-refractivity contribution in [1.82, 2.24) is 19.5 Å². The monoisotopic (exact) mass is 304 g/mol.